The van der Waals surface area contributed by atoms with Gasteiger partial charge in [0, 0.05) is 23.6 Å². The highest BCUT2D eigenvalue weighted by molar-refractivity contribution is 9.09. The molecule has 76 valence electrons. The summed E-state index contributed by atoms with van der Waals surface area (Å²) in [6.07, 6.45) is 9.42. The van der Waals surface area contributed by atoms with E-state index in [-0.39, 0.29) is 0 Å². The monoisotopic (exact) mass is 253 g/mol. The fourth-order valence-electron chi connectivity index (χ4n) is 1.17. The standard InChI is InChI=1S/C12H16BrN/c1-2-11-7-8-12(14-10-11)6-4-3-5-9-13/h3-4,7-8,10H,2,5-6,9H2,1H3. The first kappa shape index (κ1) is 11.4. The second kappa shape index (κ2) is 6.77. The fourth-order valence-corrected chi connectivity index (χ4v) is 1.43. The summed E-state index contributed by atoms with van der Waals surface area (Å²) in [6, 6.07) is 4.26. The van der Waals surface area contributed by atoms with Crippen LogP contribution >= 0.6 is 15.9 Å². The molecule has 0 bridgehead atoms. The van der Waals surface area contributed by atoms with Gasteiger partial charge in [-0.2, -0.15) is 0 Å². The van der Waals surface area contributed by atoms with Gasteiger partial charge in [0.1, 0.15) is 0 Å². The number of pyridine rings is 1. The molecule has 1 aromatic rings. The minimum atomic E-state index is 0.941. The maximum atomic E-state index is 4.38. The van der Waals surface area contributed by atoms with E-state index in [0.29, 0.717) is 0 Å². The maximum Gasteiger partial charge on any atom is 0.0441 e. The number of aromatic nitrogens is 1. The molecule has 1 aromatic heterocycles. The molecule has 0 aliphatic heterocycles. The molecule has 0 spiro atoms. The number of rotatable bonds is 5. The van der Waals surface area contributed by atoms with Gasteiger partial charge < -0.3 is 0 Å². The lowest BCUT2D eigenvalue weighted by atomic mass is 10.2. The smallest absolute Gasteiger partial charge is 0.0441 e. The van der Waals surface area contributed by atoms with E-state index < -0.39 is 0 Å². The van der Waals surface area contributed by atoms with E-state index in [0.717, 1.165) is 30.3 Å². The topological polar surface area (TPSA) is 12.9 Å². The van der Waals surface area contributed by atoms with Crippen LogP contribution in [0, 0.1) is 0 Å². The van der Waals surface area contributed by atoms with Gasteiger partial charge in [-0.25, -0.2) is 0 Å². The summed E-state index contributed by atoms with van der Waals surface area (Å²) >= 11 is 3.39. The molecule has 2 heteroatoms. The first-order valence-electron chi connectivity index (χ1n) is 5.01. The minimum absolute atomic E-state index is 0.941. The van der Waals surface area contributed by atoms with Crippen molar-refractivity contribution in [3.8, 4) is 0 Å². The van der Waals surface area contributed by atoms with Gasteiger partial charge in [-0.3, -0.25) is 4.98 Å². The van der Waals surface area contributed by atoms with Crippen molar-refractivity contribution in [2.45, 2.75) is 26.2 Å². The van der Waals surface area contributed by atoms with E-state index in [9.17, 15) is 0 Å². The van der Waals surface area contributed by atoms with Crippen LogP contribution in [0.25, 0.3) is 0 Å². The van der Waals surface area contributed by atoms with Gasteiger partial charge in [-0.15, -0.1) is 0 Å². The van der Waals surface area contributed by atoms with Crippen molar-refractivity contribution >= 4 is 15.9 Å². The highest BCUT2D eigenvalue weighted by atomic mass is 79.9. The van der Waals surface area contributed by atoms with E-state index in [4.69, 9.17) is 0 Å². The highest BCUT2D eigenvalue weighted by Crippen LogP contribution is 2.02. The van der Waals surface area contributed by atoms with Crippen LogP contribution in [0.15, 0.2) is 30.5 Å². The molecule has 0 fully saturated rings. The lowest BCUT2D eigenvalue weighted by Gasteiger charge is -1.97. The number of allylic oxidation sites excluding steroid dienone is 2. The zero-order valence-corrected chi connectivity index (χ0v) is 10.1. The lowest BCUT2D eigenvalue weighted by Crippen LogP contribution is -1.89. The molecule has 0 amide bonds. The first-order chi connectivity index (χ1) is 6.86. The van der Waals surface area contributed by atoms with Crippen molar-refractivity contribution in [3.05, 3.63) is 41.7 Å². The van der Waals surface area contributed by atoms with Crippen molar-refractivity contribution < 1.29 is 0 Å². The predicted molar refractivity (Wildman–Crippen MR) is 64.9 cm³/mol. The summed E-state index contributed by atoms with van der Waals surface area (Å²) in [4.78, 5) is 4.38. The summed E-state index contributed by atoms with van der Waals surface area (Å²) < 4.78 is 0. The molecule has 0 aromatic carbocycles. The van der Waals surface area contributed by atoms with Crippen molar-refractivity contribution in [2.24, 2.45) is 0 Å². The van der Waals surface area contributed by atoms with Crippen molar-refractivity contribution in [3.63, 3.8) is 0 Å². The second-order valence-corrected chi connectivity index (χ2v) is 3.96. The molecule has 0 aliphatic rings. The van der Waals surface area contributed by atoms with Crippen molar-refractivity contribution in [1.29, 1.82) is 0 Å². The van der Waals surface area contributed by atoms with E-state index >= 15 is 0 Å². The van der Waals surface area contributed by atoms with Crippen LogP contribution in [0.2, 0.25) is 0 Å². The molecule has 0 aliphatic carbocycles. The van der Waals surface area contributed by atoms with Crippen LogP contribution in [-0.2, 0) is 12.8 Å². The van der Waals surface area contributed by atoms with Crippen molar-refractivity contribution in [2.75, 3.05) is 5.33 Å². The minimum Gasteiger partial charge on any atom is -0.261 e. The third kappa shape index (κ3) is 4.05. The number of hydrogen-bond donors (Lipinski definition) is 0. The Balaban J connectivity index is 2.43. The van der Waals surface area contributed by atoms with Crippen LogP contribution in [0.4, 0.5) is 0 Å². The molecule has 0 saturated heterocycles. The third-order valence-electron chi connectivity index (χ3n) is 2.06. The summed E-state index contributed by atoms with van der Waals surface area (Å²) in [5.41, 5.74) is 2.45. The summed E-state index contributed by atoms with van der Waals surface area (Å²) in [6.45, 7) is 2.15. The second-order valence-electron chi connectivity index (χ2n) is 3.16. The molecule has 0 N–H and O–H groups in total. The quantitative estimate of drug-likeness (QED) is 0.578. The average Bonchev–Trinajstić information content (AvgIpc) is 2.25. The molecule has 0 radical (unpaired) electrons. The molecule has 1 nitrogen and oxygen atoms in total. The third-order valence-corrected chi connectivity index (χ3v) is 2.52. The molecule has 1 rings (SSSR count). The number of aryl methyl sites for hydroxylation is 1. The Morgan fingerprint density at radius 2 is 2.21 bits per heavy atom. The van der Waals surface area contributed by atoms with Gasteiger partial charge >= 0.3 is 0 Å². The fraction of sp³-hybridized carbons (Fsp3) is 0.417. The molecular weight excluding hydrogens is 238 g/mol. The Bertz CT molecular complexity index is 277. The molecule has 0 atom stereocenters. The number of hydrogen-bond acceptors (Lipinski definition) is 1. The lowest BCUT2D eigenvalue weighted by molar-refractivity contribution is 1.04. The highest BCUT2D eigenvalue weighted by Gasteiger charge is 1.91. The molecule has 0 saturated carbocycles. The largest absolute Gasteiger partial charge is 0.261 e. The Morgan fingerprint density at radius 1 is 1.36 bits per heavy atom. The van der Waals surface area contributed by atoms with Crippen LogP contribution in [0.3, 0.4) is 0 Å². The van der Waals surface area contributed by atoms with Crippen LogP contribution in [0.1, 0.15) is 24.6 Å². The Labute approximate surface area is 94.4 Å². The summed E-state index contributed by atoms with van der Waals surface area (Å²) in [5, 5.41) is 1.03. The first-order valence-corrected chi connectivity index (χ1v) is 6.13. The van der Waals surface area contributed by atoms with Gasteiger partial charge in [-0.05, 0) is 24.5 Å². The number of nitrogens with zero attached hydrogens (tertiary/aromatic N) is 1. The van der Waals surface area contributed by atoms with Crippen LogP contribution in [0.5, 0.6) is 0 Å². The van der Waals surface area contributed by atoms with Crippen LogP contribution < -0.4 is 0 Å². The predicted octanol–water partition coefficient (Wildman–Crippen LogP) is 3.53. The zero-order chi connectivity index (χ0) is 10.2. The SMILES string of the molecule is CCc1ccc(CC=CCCBr)nc1. The average molecular weight is 254 g/mol. The van der Waals surface area contributed by atoms with Gasteiger partial charge in [-0.1, -0.05) is 41.1 Å². The molecular formula is C12H16BrN. The van der Waals surface area contributed by atoms with Gasteiger partial charge in [0.25, 0.3) is 0 Å². The number of alkyl halides is 1. The molecule has 14 heavy (non-hydrogen) atoms. The molecule has 1 heterocycles. The van der Waals surface area contributed by atoms with E-state index in [1.165, 1.54) is 5.56 Å². The normalized spacial score (nSPS) is 11.0. The van der Waals surface area contributed by atoms with Gasteiger partial charge in [0.15, 0.2) is 0 Å². The van der Waals surface area contributed by atoms with E-state index in [1.807, 2.05) is 6.20 Å². The van der Waals surface area contributed by atoms with Crippen molar-refractivity contribution in [1.82, 2.24) is 4.98 Å². The van der Waals surface area contributed by atoms with Gasteiger partial charge in [0.05, 0.1) is 0 Å². The summed E-state index contributed by atoms with van der Waals surface area (Å²) in [7, 11) is 0. The maximum absolute atomic E-state index is 4.38. The Morgan fingerprint density at radius 3 is 2.79 bits per heavy atom. The Hall–Kier alpha value is -0.630. The van der Waals surface area contributed by atoms with E-state index in [2.05, 4.69) is 52.1 Å². The van der Waals surface area contributed by atoms with Crippen LogP contribution in [-0.4, -0.2) is 10.3 Å². The number of halogens is 1. The molecule has 0 unspecified atom stereocenters. The zero-order valence-electron chi connectivity index (χ0n) is 8.54. The summed E-state index contributed by atoms with van der Waals surface area (Å²) in [5.74, 6) is 0. The van der Waals surface area contributed by atoms with Gasteiger partial charge in [0.2, 0.25) is 0 Å². The van der Waals surface area contributed by atoms with E-state index in [1.54, 1.807) is 0 Å². The Kier molecular flexibility index (Phi) is 5.53.